The van der Waals surface area contributed by atoms with Gasteiger partial charge in [-0.25, -0.2) is 4.79 Å². The molecule has 2 aliphatic carbocycles. The molecule has 0 amide bonds. The van der Waals surface area contributed by atoms with E-state index in [9.17, 15) is 36.0 Å². The fourth-order valence-electron chi connectivity index (χ4n) is 4.98. The third kappa shape index (κ3) is 5.13. The molecule has 1 saturated heterocycles. The van der Waals surface area contributed by atoms with Crippen LogP contribution < -0.4 is 0 Å². The Morgan fingerprint density at radius 2 is 1.77 bits per heavy atom. The predicted molar refractivity (Wildman–Crippen MR) is 120 cm³/mol. The fraction of sp³-hybridized carbons (Fsp3) is 0.526. The molecular formula is C19H14Br3F3O9S. The zero-order valence-electron chi connectivity index (χ0n) is 17.0. The first-order chi connectivity index (χ1) is 16.1. The summed E-state index contributed by atoms with van der Waals surface area (Å²) in [4.78, 5) is 38.2. The normalized spacial score (nSPS) is 30.2. The first-order valence-electron chi connectivity index (χ1n) is 9.87. The molecule has 7 atom stereocenters. The molecule has 0 aromatic heterocycles. The van der Waals surface area contributed by atoms with Crippen molar-refractivity contribution in [3.8, 4) is 0 Å². The highest BCUT2D eigenvalue weighted by Crippen LogP contribution is 2.59. The van der Waals surface area contributed by atoms with Crippen LogP contribution in [-0.4, -0.2) is 61.1 Å². The monoisotopic (exact) mass is 712 g/mol. The first kappa shape index (κ1) is 26.8. The van der Waals surface area contributed by atoms with E-state index in [0.717, 1.165) is 0 Å². The molecule has 0 radical (unpaired) electrons. The summed E-state index contributed by atoms with van der Waals surface area (Å²) in [6, 6.07) is 3.16. The summed E-state index contributed by atoms with van der Waals surface area (Å²) in [5.74, 6) is -8.76. The summed E-state index contributed by atoms with van der Waals surface area (Å²) in [6.07, 6.45) is -10.5. The van der Waals surface area contributed by atoms with E-state index in [4.69, 9.17) is 14.0 Å². The quantitative estimate of drug-likeness (QED) is 0.266. The maximum Gasteiger partial charge on any atom is 0.426 e. The van der Waals surface area contributed by atoms with Crippen LogP contribution in [-0.2, 0) is 33.9 Å². The van der Waals surface area contributed by atoms with Gasteiger partial charge in [0, 0.05) is 25.3 Å². The minimum atomic E-state index is -5.29. The number of hydrogen-bond acceptors (Lipinski definition) is 8. The molecule has 1 aromatic carbocycles. The van der Waals surface area contributed by atoms with Gasteiger partial charge >= 0.3 is 24.1 Å². The third-order valence-corrected chi connectivity index (χ3v) is 8.69. The fourth-order valence-corrected chi connectivity index (χ4v) is 8.20. The minimum Gasteiger partial charge on any atom is -0.461 e. The number of benzene rings is 1. The van der Waals surface area contributed by atoms with Gasteiger partial charge < -0.3 is 14.2 Å². The molecule has 4 rings (SSSR count). The predicted octanol–water partition coefficient (Wildman–Crippen LogP) is 3.67. The van der Waals surface area contributed by atoms with Gasteiger partial charge in [-0.3, -0.25) is 14.1 Å². The molecule has 2 bridgehead atoms. The number of hydrogen-bond donors (Lipinski definition) is 1. The van der Waals surface area contributed by atoms with Crippen LogP contribution in [0.1, 0.15) is 16.8 Å². The minimum absolute atomic E-state index is 0.0864. The molecule has 1 aliphatic heterocycles. The number of rotatable bonds is 6. The summed E-state index contributed by atoms with van der Waals surface area (Å²) in [5, 5.41) is 0. The van der Waals surface area contributed by atoms with Gasteiger partial charge in [-0.2, -0.15) is 21.6 Å². The summed E-state index contributed by atoms with van der Waals surface area (Å²) in [5.41, 5.74) is 0.0864. The van der Waals surface area contributed by atoms with Crippen molar-refractivity contribution < 1.29 is 54.7 Å². The summed E-state index contributed by atoms with van der Waals surface area (Å²) >= 11 is 9.75. The van der Waals surface area contributed by atoms with Crippen molar-refractivity contribution in [3.63, 3.8) is 0 Å². The van der Waals surface area contributed by atoms with E-state index < -0.39 is 81.9 Å². The Balaban J connectivity index is 1.58. The first-order valence-corrected chi connectivity index (χ1v) is 13.9. The lowest BCUT2D eigenvalue weighted by atomic mass is 9.80. The zero-order chi connectivity index (χ0) is 26.0. The second kappa shape index (κ2) is 9.26. The third-order valence-electron chi connectivity index (χ3n) is 6.25. The van der Waals surface area contributed by atoms with Crippen LogP contribution in [0.3, 0.4) is 0 Å². The van der Waals surface area contributed by atoms with E-state index >= 15 is 0 Å². The number of alkyl halides is 3. The highest BCUT2D eigenvalue weighted by Gasteiger charge is 2.70. The van der Waals surface area contributed by atoms with E-state index in [1.165, 1.54) is 0 Å². The Morgan fingerprint density at radius 1 is 1.17 bits per heavy atom. The van der Waals surface area contributed by atoms with Crippen LogP contribution in [0, 0.1) is 23.7 Å². The molecule has 3 fully saturated rings. The van der Waals surface area contributed by atoms with Crippen LogP contribution in [0.25, 0.3) is 0 Å². The Bertz CT molecular complexity index is 1180. The molecule has 7 unspecified atom stereocenters. The highest BCUT2D eigenvalue weighted by molar-refractivity contribution is 9.11. The van der Waals surface area contributed by atoms with E-state index in [0.29, 0.717) is 13.4 Å². The number of fused-ring (bicyclic) bond motifs is 1. The van der Waals surface area contributed by atoms with Crippen molar-refractivity contribution in [2.75, 3.05) is 5.75 Å². The number of halogens is 6. The lowest BCUT2D eigenvalue weighted by molar-refractivity contribution is -0.220. The van der Waals surface area contributed by atoms with Gasteiger partial charge in [-0.05, 0) is 50.4 Å². The Hall–Kier alpha value is -1.23. The van der Waals surface area contributed by atoms with Crippen molar-refractivity contribution in [2.45, 2.75) is 30.9 Å². The summed E-state index contributed by atoms with van der Waals surface area (Å²) in [6.45, 7) is 0. The van der Waals surface area contributed by atoms with Gasteiger partial charge in [-0.15, -0.1) is 0 Å². The van der Waals surface area contributed by atoms with Crippen molar-refractivity contribution in [2.24, 2.45) is 23.7 Å². The molecule has 35 heavy (non-hydrogen) atoms. The van der Waals surface area contributed by atoms with Gasteiger partial charge in [-0.1, -0.05) is 15.9 Å². The van der Waals surface area contributed by atoms with Crippen LogP contribution in [0.15, 0.2) is 25.6 Å². The molecule has 3 aliphatic rings. The zero-order valence-corrected chi connectivity index (χ0v) is 22.6. The van der Waals surface area contributed by atoms with Gasteiger partial charge in [0.2, 0.25) is 6.10 Å². The van der Waals surface area contributed by atoms with Crippen LogP contribution >= 0.6 is 47.8 Å². The topological polar surface area (TPSA) is 133 Å². The largest absolute Gasteiger partial charge is 0.461 e. The van der Waals surface area contributed by atoms with Crippen molar-refractivity contribution >= 4 is 75.8 Å². The Labute approximate surface area is 221 Å². The molecular weight excluding hydrogens is 701 g/mol. The Kier molecular flexibility index (Phi) is 7.10. The van der Waals surface area contributed by atoms with Crippen LogP contribution in [0.2, 0.25) is 0 Å². The number of ether oxygens (including phenoxy) is 3. The van der Waals surface area contributed by atoms with Gasteiger partial charge in [0.05, 0.1) is 5.56 Å². The number of carbonyl (C=O) groups excluding carboxylic acids is 3. The van der Waals surface area contributed by atoms with Gasteiger partial charge in [0.25, 0.3) is 10.1 Å². The average Bonchev–Trinajstić information content (AvgIpc) is 3.27. The van der Waals surface area contributed by atoms with Crippen molar-refractivity contribution in [3.05, 3.63) is 31.1 Å². The van der Waals surface area contributed by atoms with Gasteiger partial charge in [0.15, 0.2) is 0 Å². The molecule has 1 aromatic rings. The van der Waals surface area contributed by atoms with Crippen LogP contribution in [0.5, 0.6) is 0 Å². The highest BCUT2D eigenvalue weighted by atomic mass is 79.9. The maximum absolute atomic E-state index is 13.3. The molecule has 16 heteroatoms. The molecule has 1 heterocycles. The lowest BCUT2D eigenvalue weighted by Gasteiger charge is -2.31. The average molecular weight is 715 g/mol. The molecule has 9 nitrogen and oxygen atoms in total. The van der Waals surface area contributed by atoms with E-state index in [2.05, 4.69) is 52.5 Å². The molecule has 1 N–H and O–H groups in total. The summed E-state index contributed by atoms with van der Waals surface area (Å²) in [7, 11) is -5.14. The van der Waals surface area contributed by atoms with E-state index in [1.54, 1.807) is 12.1 Å². The van der Waals surface area contributed by atoms with Crippen molar-refractivity contribution in [1.29, 1.82) is 0 Å². The van der Waals surface area contributed by atoms with Crippen LogP contribution in [0.4, 0.5) is 13.2 Å². The number of carbonyl (C=O) groups is 3. The van der Waals surface area contributed by atoms with E-state index in [-0.39, 0.29) is 12.0 Å². The smallest absolute Gasteiger partial charge is 0.426 e. The Morgan fingerprint density at radius 3 is 2.31 bits per heavy atom. The molecule has 192 valence electrons. The number of esters is 3. The molecule has 2 saturated carbocycles. The van der Waals surface area contributed by atoms with Crippen molar-refractivity contribution in [1.82, 2.24) is 0 Å². The SMILES string of the molecule is O=C(OC1C2CC3C(OC(=O)C31)C2C(=O)OC(CS(=O)(=O)O)C(F)(F)F)c1c(Br)cc(Br)cc1Br. The second-order valence-corrected chi connectivity index (χ2v) is 12.5. The summed E-state index contributed by atoms with van der Waals surface area (Å²) < 4.78 is 87.2. The maximum atomic E-state index is 13.3. The molecule has 0 spiro atoms. The lowest BCUT2D eigenvalue weighted by Crippen LogP contribution is -2.47. The standard InChI is InChI=1S/C19H14Br3F3O9S/c20-5-1-8(21)13(9(22)2-5)18(28)34-15-6-3-7-12(15)17(27)33-14(7)11(6)16(26)32-10(19(23,24)25)4-35(29,30)31/h1-2,6-7,10-12,14-15H,3-4H2,(H,29,30,31). The van der Waals surface area contributed by atoms with Gasteiger partial charge in [0.1, 0.15) is 29.8 Å². The van der Waals surface area contributed by atoms with E-state index in [1.807, 2.05) is 0 Å². The second-order valence-electron chi connectivity index (χ2n) is 8.35.